The standard InChI is InChI=1S/C21H23FN4O5S/c1-4-21(5-2)18(29)25(19(30)24-21)10-17(28)31-11-14-12-32-20(23-14)26(13(3)27)16-9-7-6-8-15(16)22/h6-9,12H,4-5,10-11H2,1-3H3,(H,24,30). The van der Waals surface area contributed by atoms with Crippen LogP contribution in [0.5, 0.6) is 0 Å². The van der Waals surface area contributed by atoms with Crippen molar-refractivity contribution < 1.29 is 28.3 Å². The zero-order valence-electron chi connectivity index (χ0n) is 17.9. The van der Waals surface area contributed by atoms with Gasteiger partial charge in [-0.1, -0.05) is 26.0 Å². The van der Waals surface area contributed by atoms with Crippen molar-refractivity contribution in [1.82, 2.24) is 15.2 Å². The first-order chi connectivity index (χ1) is 15.2. The number of ether oxygens (including phenoxy) is 1. The van der Waals surface area contributed by atoms with E-state index in [-0.39, 0.29) is 17.4 Å². The van der Waals surface area contributed by atoms with E-state index in [1.54, 1.807) is 25.3 Å². The summed E-state index contributed by atoms with van der Waals surface area (Å²) in [7, 11) is 0. The number of hydrogen-bond acceptors (Lipinski definition) is 7. The fourth-order valence-electron chi connectivity index (χ4n) is 3.38. The first kappa shape index (κ1) is 23.3. The highest BCUT2D eigenvalue weighted by Gasteiger charge is 2.49. The lowest BCUT2D eigenvalue weighted by molar-refractivity contribution is -0.149. The van der Waals surface area contributed by atoms with Gasteiger partial charge in [0.15, 0.2) is 5.13 Å². The van der Waals surface area contributed by atoms with Gasteiger partial charge in [0.1, 0.15) is 24.5 Å². The zero-order valence-corrected chi connectivity index (χ0v) is 18.7. The lowest BCUT2D eigenvalue weighted by Crippen LogP contribution is -2.46. The van der Waals surface area contributed by atoms with Crippen LogP contribution in [-0.2, 0) is 25.7 Å². The largest absolute Gasteiger partial charge is 0.458 e. The molecule has 0 spiro atoms. The molecule has 0 saturated carbocycles. The highest BCUT2D eigenvalue weighted by molar-refractivity contribution is 7.14. The van der Waals surface area contributed by atoms with Gasteiger partial charge in [0.25, 0.3) is 5.91 Å². The summed E-state index contributed by atoms with van der Waals surface area (Å²) in [5.41, 5.74) is -0.592. The van der Waals surface area contributed by atoms with Crippen LogP contribution in [-0.4, -0.2) is 45.8 Å². The molecule has 0 atom stereocenters. The summed E-state index contributed by atoms with van der Waals surface area (Å²) in [6.45, 7) is 4.12. The molecule has 1 fully saturated rings. The van der Waals surface area contributed by atoms with Crippen LogP contribution in [0.25, 0.3) is 0 Å². The molecule has 0 radical (unpaired) electrons. The molecule has 2 aromatic rings. The number of hydrogen-bond donors (Lipinski definition) is 1. The fraction of sp³-hybridized carbons (Fsp3) is 0.381. The molecule has 9 nitrogen and oxygen atoms in total. The monoisotopic (exact) mass is 462 g/mol. The third-order valence-electron chi connectivity index (χ3n) is 5.26. The minimum Gasteiger partial charge on any atom is -0.458 e. The van der Waals surface area contributed by atoms with Crippen LogP contribution in [0, 0.1) is 5.82 Å². The van der Waals surface area contributed by atoms with Gasteiger partial charge in [0.05, 0.1) is 11.4 Å². The predicted octanol–water partition coefficient (Wildman–Crippen LogP) is 3.12. The first-order valence-corrected chi connectivity index (χ1v) is 10.9. The summed E-state index contributed by atoms with van der Waals surface area (Å²) in [5.74, 6) is -2.23. The first-order valence-electron chi connectivity index (χ1n) is 10.0. The number of aromatic nitrogens is 1. The number of benzene rings is 1. The Morgan fingerprint density at radius 2 is 1.94 bits per heavy atom. The van der Waals surface area contributed by atoms with Crippen molar-refractivity contribution in [3.8, 4) is 0 Å². The maximum absolute atomic E-state index is 14.2. The Labute approximate surface area is 188 Å². The number of thiazole rings is 1. The molecule has 1 N–H and O–H groups in total. The smallest absolute Gasteiger partial charge is 0.326 e. The van der Waals surface area contributed by atoms with Crippen LogP contribution in [0.4, 0.5) is 20.0 Å². The second kappa shape index (κ2) is 9.43. The molecule has 0 bridgehead atoms. The molecular weight excluding hydrogens is 439 g/mol. The molecule has 1 aromatic carbocycles. The molecule has 1 aliphatic heterocycles. The molecule has 32 heavy (non-hydrogen) atoms. The van der Waals surface area contributed by atoms with E-state index in [9.17, 15) is 23.6 Å². The number of esters is 1. The van der Waals surface area contributed by atoms with E-state index in [0.29, 0.717) is 18.5 Å². The minimum atomic E-state index is -0.996. The van der Waals surface area contributed by atoms with Crippen LogP contribution in [0.2, 0.25) is 0 Å². The van der Waals surface area contributed by atoms with Gasteiger partial charge in [-0.2, -0.15) is 0 Å². The second-order valence-electron chi connectivity index (χ2n) is 7.20. The highest BCUT2D eigenvalue weighted by Crippen LogP contribution is 2.31. The number of nitrogens with one attached hydrogen (secondary N) is 1. The summed E-state index contributed by atoms with van der Waals surface area (Å²) >= 11 is 1.09. The number of nitrogens with zero attached hydrogens (tertiary/aromatic N) is 3. The molecule has 3 rings (SSSR count). The van der Waals surface area contributed by atoms with Gasteiger partial charge in [-0.05, 0) is 25.0 Å². The molecular formula is C21H23FN4O5S. The van der Waals surface area contributed by atoms with Crippen LogP contribution >= 0.6 is 11.3 Å². The molecule has 1 aliphatic rings. The molecule has 11 heteroatoms. The Balaban J connectivity index is 1.64. The van der Waals surface area contributed by atoms with Crippen molar-refractivity contribution >= 4 is 46.0 Å². The van der Waals surface area contributed by atoms with E-state index in [1.165, 1.54) is 25.1 Å². The normalized spacial score (nSPS) is 14.9. The van der Waals surface area contributed by atoms with Crippen LogP contribution < -0.4 is 10.2 Å². The van der Waals surface area contributed by atoms with E-state index in [2.05, 4.69) is 10.3 Å². The molecule has 4 amide bonds. The van der Waals surface area contributed by atoms with E-state index in [4.69, 9.17) is 4.74 Å². The SMILES string of the molecule is CCC1(CC)NC(=O)N(CC(=O)OCc2csc(N(C(C)=O)c3ccccc3F)n2)C1=O. The average Bonchev–Trinajstić information content (AvgIpc) is 3.32. The molecule has 0 aliphatic carbocycles. The van der Waals surface area contributed by atoms with E-state index < -0.39 is 41.7 Å². The Morgan fingerprint density at radius 1 is 1.25 bits per heavy atom. The Bertz CT molecular complexity index is 1050. The number of halogens is 1. The zero-order chi connectivity index (χ0) is 23.5. The fourth-order valence-corrected chi connectivity index (χ4v) is 4.25. The van der Waals surface area contributed by atoms with E-state index >= 15 is 0 Å². The van der Waals surface area contributed by atoms with Gasteiger partial charge in [0, 0.05) is 12.3 Å². The van der Waals surface area contributed by atoms with Crippen molar-refractivity contribution in [3.63, 3.8) is 0 Å². The van der Waals surface area contributed by atoms with Gasteiger partial charge in [-0.3, -0.25) is 24.2 Å². The Morgan fingerprint density at radius 3 is 2.53 bits per heavy atom. The van der Waals surface area contributed by atoms with Crippen molar-refractivity contribution in [2.75, 3.05) is 11.4 Å². The van der Waals surface area contributed by atoms with Gasteiger partial charge < -0.3 is 10.1 Å². The van der Waals surface area contributed by atoms with Crippen molar-refractivity contribution in [2.24, 2.45) is 0 Å². The summed E-state index contributed by atoms with van der Waals surface area (Å²) in [5, 5.41) is 4.44. The van der Waals surface area contributed by atoms with E-state index in [1.807, 2.05) is 0 Å². The maximum Gasteiger partial charge on any atom is 0.326 e. The third kappa shape index (κ3) is 4.47. The van der Waals surface area contributed by atoms with Gasteiger partial charge in [0.2, 0.25) is 5.91 Å². The van der Waals surface area contributed by atoms with Crippen LogP contribution in [0.3, 0.4) is 0 Å². The molecule has 1 saturated heterocycles. The van der Waals surface area contributed by atoms with Crippen molar-refractivity contribution in [3.05, 3.63) is 41.2 Å². The lowest BCUT2D eigenvalue weighted by atomic mass is 9.93. The second-order valence-corrected chi connectivity index (χ2v) is 8.04. The summed E-state index contributed by atoms with van der Waals surface area (Å²) in [4.78, 5) is 55.3. The van der Waals surface area contributed by atoms with Gasteiger partial charge in [-0.15, -0.1) is 11.3 Å². The molecule has 2 heterocycles. The Hall–Kier alpha value is -3.34. The lowest BCUT2D eigenvalue weighted by Gasteiger charge is -2.22. The third-order valence-corrected chi connectivity index (χ3v) is 6.14. The average molecular weight is 463 g/mol. The molecule has 170 valence electrons. The number of amides is 4. The van der Waals surface area contributed by atoms with Crippen LogP contribution in [0.1, 0.15) is 39.3 Å². The number of anilines is 2. The molecule has 1 aromatic heterocycles. The number of imide groups is 1. The van der Waals surface area contributed by atoms with Gasteiger partial charge in [-0.25, -0.2) is 14.2 Å². The number of carbonyl (C=O) groups is 4. The quantitative estimate of drug-likeness (QED) is 0.477. The van der Waals surface area contributed by atoms with Crippen molar-refractivity contribution in [1.29, 1.82) is 0 Å². The Kier molecular flexibility index (Phi) is 6.87. The topological polar surface area (TPSA) is 109 Å². The van der Waals surface area contributed by atoms with E-state index in [0.717, 1.165) is 21.1 Å². The summed E-state index contributed by atoms with van der Waals surface area (Å²) < 4.78 is 19.3. The number of para-hydroxylation sites is 1. The van der Waals surface area contributed by atoms with Crippen molar-refractivity contribution in [2.45, 2.75) is 45.8 Å². The van der Waals surface area contributed by atoms with Crippen LogP contribution in [0.15, 0.2) is 29.6 Å². The number of urea groups is 1. The number of carbonyl (C=O) groups excluding carboxylic acids is 4. The number of rotatable bonds is 8. The predicted molar refractivity (Wildman–Crippen MR) is 115 cm³/mol. The maximum atomic E-state index is 14.2. The minimum absolute atomic E-state index is 0.0618. The summed E-state index contributed by atoms with van der Waals surface area (Å²) in [6.07, 6.45) is 0.825. The summed E-state index contributed by atoms with van der Waals surface area (Å²) in [6, 6.07) is 5.19. The highest BCUT2D eigenvalue weighted by atomic mass is 32.1. The van der Waals surface area contributed by atoms with Gasteiger partial charge >= 0.3 is 12.0 Å². The molecule has 0 unspecified atom stereocenters.